The van der Waals surface area contributed by atoms with E-state index in [1.54, 1.807) is 27.4 Å². The molecule has 2 amide bonds. The van der Waals surface area contributed by atoms with E-state index >= 15 is 0 Å². The van der Waals surface area contributed by atoms with Crippen molar-refractivity contribution in [2.75, 3.05) is 48.1 Å². The van der Waals surface area contributed by atoms with Gasteiger partial charge in [-0.25, -0.2) is 9.40 Å². The molecule has 0 aliphatic carbocycles. The number of methoxy groups -OCH3 is 4. The Bertz CT molecular complexity index is 1380. The Kier molecular flexibility index (Phi) is 9.34. The van der Waals surface area contributed by atoms with Crippen molar-refractivity contribution in [1.82, 2.24) is 9.91 Å². The van der Waals surface area contributed by atoms with Gasteiger partial charge in [-0.1, -0.05) is 12.1 Å². The minimum Gasteiger partial charge on any atom is -0.497 e. The topological polar surface area (TPSA) is 89.9 Å². The van der Waals surface area contributed by atoms with Crippen molar-refractivity contribution in [2.45, 2.75) is 12.5 Å². The number of carbonyl (C=O) groups excluding carboxylic acids is 2. The maximum Gasteiger partial charge on any atom is 0.262 e. The Morgan fingerprint density at radius 2 is 1.70 bits per heavy atom. The van der Waals surface area contributed by atoms with Crippen molar-refractivity contribution in [2.24, 2.45) is 5.10 Å². The molecule has 1 heterocycles. The van der Waals surface area contributed by atoms with Crippen LogP contribution in [0.4, 0.5) is 4.39 Å². The number of ether oxygens (including phenoxy) is 4. The average Bonchev–Trinajstić information content (AvgIpc) is 3.44. The normalized spacial score (nSPS) is 14.5. The quantitative estimate of drug-likeness (QED) is 0.354. The lowest BCUT2D eigenvalue weighted by molar-refractivity contribution is -0.133. The summed E-state index contributed by atoms with van der Waals surface area (Å²) in [6.45, 7) is 0.0667. The third-order valence-corrected chi connectivity index (χ3v) is 6.63. The summed E-state index contributed by atoms with van der Waals surface area (Å²) in [6, 6.07) is 17.8. The highest BCUT2D eigenvalue weighted by atomic mass is 19.1. The number of rotatable bonds is 11. The van der Waals surface area contributed by atoms with Gasteiger partial charge in [0, 0.05) is 25.6 Å². The van der Waals surface area contributed by atoms with E-state index < -0.39 is 23.7 Å². The minimum absolute atomic E-state index is 0.140. The predicted octanol–water partition coefficient (Wildman–Crippen LogP) is 4.32. The van der Waals surface area contributed by atoms with Crippen LogP contribution in [0.5, 0.6) is 17.2 Å². The minimum atomic E-state index is -0.536. The monoisotopic (exact) mass is 549 g/mol. The number of benzene rings is 3. The van der Waals surface area contributed by atoms with E-state index in [1.165, 1.54) is 35.2 Å². The van der Waals surface area contributed by atoms with Gasteiger partial charge in [0.05, 0.1) is 39.7 Å². The van der Waals surface area contributed by atoms with Crippen molar-refractivity contribution in [3.05, 3.63) is 89.2 Å². The fourth-order valence-corrected chi connectivity index (χ4v) is 4.51. The fourth-order valence-electron chi connectivity index (χ4n) is 4.51. The summed E-state index contributed by atoms with van der Waals surface area (Å²) in [5.41, 5.74) is 2.48. The highest BCUT2D eigenvalue weighted by Gasteiger charge is 2.35. The molecule has 0 aromatic heterocycles. The van der Waals surface area contributed by atoms with Gasteiger partial charge < -0.3 is 23.8 Å². The van der Waals surface area contributed by atoms with E-state index in [0.717, 1.165) is 17.2 Å². The maximum absolute atomic E-state index is 13.8. The van der Waals surface area contributed by atoms with E-state index in [0.29, 0.717) is 29.4 Å². The Balaban J connectivity index is 1.67. The Labute approximate surface area is 232 Å². The standard InChI is InChI=1S/C30H32FN3O6/c1-37-15-14-33(30(36)22-6-5-7-23(31)16-22)19-29(35)34-26(21-10-13-27(39-3)28(17-21)40-4)18-25(32-34)20-8-11-24(38-2)12-9-20/h5-13,16-17,26H,14-15,18-19H2,1-4H3. The molecule has 9 nitrogen and oxygen atoms in total. The van der Waals surface area contributed by atoms with Crippen LogP contribution >= 0.6 is 0 Å². The highest BCUT2D eigenvalue weighted by Crippen LogP contribution is 2.37. The average molecular weight is 550 g/mol. The zero-order chi connectivity index (χ0) is 28.6. The third kappa shape index (κ3) is 6.40. The van der Waals surface area contributed by atoms with Gasteiger partial charge in [0.25, 0.3) is 11.8 Å². The number of halogens is 1. The summed E-state index contributed by atoms with van der Waals surface area (Å²) in [5, 5.41) is 6.11. The van der Waals surface area contributed by atoms with Gasteiger partial charge >= 0.3 is 0 Å². The Hall–Kier alpha value is -4.44. The molecule has 1 unspecified atom stereocenters. The second-order valence-electron chi connectivity index (χ2n) is 9.08. The molecule has 0 N–H and O–H groups in total. The first-order valence-electron chi connectivity index (χ1n) is 12.7. The second-order valence-corrected chi connectivity index (χ2v) is 9.08. The van der Waals surface area contributed by atoms with E-state index in [-0.39, 0.29) is 25.3 Å². The van der Waals surface area contributed by atoms with E-state index in [4.69, 9.17) is 24.0 Å². The largest absolute Gasteiger partial charge is 0.497 e. The molecule has 4 rings (SSSR count). The number of hydrogen-bond donors (Lipinski definition) is 0. The zero-order valence-electron chi connectivity index (χ0n) is 22.9. The van der Waals surface area contributed by atoms with Gasteiger partial charge in [0.2, 0.25) is 0 Å². The molecule has 40 heavy (non-hydrogen) atoms. The fraction of sp³-hybridized carbons (Fsp3) is 0.300. The lowest BCUT2D eigenvalue weighted by Crippen LogP contribution is -2.42. The molecular formula is C30H32FN3O6. The van der Waals surface area contributed by atoms with Crippen LogP contribution in [0.15, 0.2) is 71.8 Å². The molecule has 0 saturated heterocycles. The van der Waals surface area contributed by atoms with Crippen LogP contribution in [0, 0.1) is 5.82 Å². The van der Waals surface area contributed by atoms with Crippen molar-refractivity contribution >= 4 is 17.5 Å². The zero-order valence-corrected chi connectivity index (χ0v) is 22.9. The molecule has 1 aliphatic rings. The van der Waals surface area contributed by atoms with Crippen LogP contribution < -0.4 is 14.2 Å². The maximum atomic E-state index is 13.8. The molecule has 3 aromatic carbocycles. The van der Waals surface area contributed by atoms with Gasteiger partial charge in [-0.3, -0.25) is 9.59 Å². The van der Waals surface area contributed by atoms with Gasteiger partial charge in [0.1, 0.15) is 18.1 Å². The molecule has 210 valence electrons. The van der Waals surface area contributed by atoms with Gasteiger partial charge in [-0.05, 0) is 65.7 Å². The Morgan fingerprint density at radius 3 is 2.35 bits per heavy atom. The van der Waals surface area contributed by atoms with Crippen molar-refractivity contribution in [3.8, 4) is 17.2 Å². The first-order chi connectivity index (χ1) is 19.4. The van der Waals surface area contributed by atoms with Crippen LogP contribution in [0.2, 0.25) is 0 Å². The van der Waals surface area contributed by atoms with Crippen molar-refractivity contribution in [1.29, 1.82) is 0 Å². The number of carbonyl (C=O) groups is 2. The number of hydrazone groups is 1. The lowest BCUT2D eigenvalue weighted by atomic mass is 9.98. The first kappa shape index (κ1) is 28.6. The molecular weight excluding hydrogens is 517 g/mol. The van der Waals surface area contributed by atoms with Gasteiger partial charge in [-0.2, -0.15) is 5.10 Å². The summed E-state index contributed by atoms with van der Waals surface area (Å²) in [5.74, 6) is 0.371. The molecule has 10 heteroatoms. The van der Waals surface area contributed by atoms with Gasteiger partial charge in [-0.15, -0.1) is 0 Å². The number of amides is 2. The second kappa shape index (κ2) is 13.1. The van der Waals surface area contributed by atoms with Crippen molar-refractivity contribution in [3.63, 3.8) is 0 Å². The predicted molar refractivity (Wildman–Crippen MR) is 147 cm³/mol. The van der Waals surface area contributed by atoms with E-state index in [2.05, 4.69) is 0 Å². The molecule has 0 spiro atoms. The molecule has 1 aliphatic heterocycles. The highest BCUT2D eigenvalue weighted by molar-refractivity contribution is 6.04. The van der Waals surface area contributed by atoms with Crippen LogP contribution in [0.3, 0.4) is 0 Å². The SMILES string of the molecule is COCCN(CC(=O)N1N=C(c2ccc(OC)cc2)CC1c1ccc(OC)c(OC)c1)C(=O)c1cccc(F)c1. The van der Waals surface area contributed by atoms with Crippen LogP contribution in [-0.2, 0) is 9.53 Å². The molecule has 0 saturated carbocycles. The summed E-state index contributed by atoms with van der Waals surface area (Å²) < 4.78 is 35.1. The van der Waals surface area contributed by atoms with Crippen LogP contribution in [0.25, 0.3) is 0 Å². The summed E-state index contributed by atoms with van der Waals surface area (Å²) in [4.78, 5) is 28.4. The first-order valence-corrected chi connectivity index (χ1v) is 12.7. The third-order valence-electron chi connectivity index (χ3n) is 6.63. The van der Waals surface area contributed by atoms with E-state index in [9.17, 15) is 14.0 Å². The van der Waals surface area contributed by atoms with Crippen LogP contribution in [0.1, 0.15) is 33.9 Å². The van der Waals surface area contributed by atoms with Gasteiger partial charge in [0.15, 0.2) is 11.5 Å². The van der Waals surface area contributed by atoms with E-state index in [1.807, 2.05) is 36.4 Å². The Morgan fingerprint density at radius 1 is 0.950 bits per heavy atom. The smallest absolute Gasteiger partial charge is 0.262 e. The van der Waals surface area contributed by atoms with Crippen molar-refractivity contribution < 1.29 is 32.9 Å². The number of hydrogen-bond acceptors (Lipinski definition) is 7. The summed E-state index contributed by atoms with van der Waals surface area (Å²) in [7, 11) is 6.20. The van der Waals surface area contributed by atoms with Crippen LogP contribution in [-0.4, -0.2) is 75.6 Å². The molecule has 1 atom stereocenters. The summed E-state index contributed by atoms with van der Waals surface area (Å²) in [6.07, 6.45) is 0.434. The molecule has 3 aromatic rings. The molecule has 0 bridgehead atoms. The number of nitrogens with zero attached hydrogens (tertiary/aromatic N) is 3. The molecule has 0 fully saturated rings. The summed E-state index contributed by atoms with van der Waals surface area (Å²) >= 11 is 0. The molecule has 0 radical (unpaired) electrons. The lowest BCUT2D eigenvalue weighted by Gasteiger charge is -2.27.